The van der Waals surface area contributed by atoms with Crippen molar-refractivity contribution in [2.45, 2.75) is 19.8 Å². The van der Waals surface area contributed by atoms with Gasteiger partial charge >= 0.3 is 0 Å². The molecule has 1 aromatic rings. The lowest BCUT2D eigenvalue weighted by Crippen LogP contribution is -2.47. The SMILES string of the molecule is CCCC(=O)CN1CCN(c2ccccc2)CC1. The van der Waals surface area contributed by atoms with Crippen LogP contribution in [0, 0.1) is 0 Å². The Hall–Kier alpha value is -1.35. The highest BCUT2D eigenvalue weighted by Crippen LogP contribution is 2.15. The number of carbonyl (C=O) groups excluding carboxylic acids is 1. The van der Waals surface area contributed by atoms with Crippen LogP contribution in [-0.4, -0.2) is 43.4 Å². The number of hydrogen-bond acceptors (Lipinski definition) is 3. The van der Waals surface area contributed by atoms with Crippen LogP contribution < -0.4 is 4.90 Å². The van der Waals surface area contributed by atoms with E-state index in [1.165, 1.54) is 5.69 Å². The molecule has 1 saturated heterocycles. The van der Waals surface area contributed by atoms with Crippen molar-refractivity contribution in [3.63, 3.8) is 0 Å². The molecule has 2 rings (SSSR count). The number of benzene rings is 1. The standard InChI is InChI=1S/C15H22N2O/c1-2-6-15(18)13-16-9-11-17(12-10-16)14-7-4-3-5-8-14/h3-5,7-8H,2,6,9-13H2,1H3. The maximum Gasteiger partial charge on any atom is 0.146 e. The van der Waals surface area contributed by atoms with E-state index in [1.54, 1.807) is 0 Å². The van der Waals surface area contributed by atoms with E-state index in [0.29, 0.717) is 12.3 Å². The highest BCUT2D eigenvalue weighted by atomic mass is 16.1. The summed E-state index contributed by atoms with van der Waals surface area (Å²) >= 11 is 0. The summed E-state index contributed by atoms with van der Waals surface area (Å²) in [5, 5.41) is 0. The van der Waals surface area contributed by atoms with Gasteiger partial charge in [0.1, 0.15) is 5.78 Å². The number of carbonyl (C=O) groups is 1. The number of Topliss-reactive ketones (excluding diaryl/α,β-unsaturated/α-hetero) is 1. The smallest absolute Gasteiger partial charge is 0.146 e. The third-order valence-electron chi connectivity index (χ3n) is 3.42. The Labute approximate surface area is 109 Å². The number of hydrogen-bond donors (Lipinski definition) is 0. The van der Waals surface area contributed by atoms with Gasteiger partial charge in [-0.1, -0.05) is 25.1 Å². The minimum Gasteiger partial charge on any atom is -0.369 e. The molecule has 0 unspecified atom stereocenters. The first-order valence-electron chi connectivity index (χ1n) is 6.83. The summed E-state index contributed by atoms with van der Waals surface area (Å²) in [6, 6.07) is 10.5. The van der Waals surface area contributed by atoms with Gasteiger partial charge in [0.15, 0.2) is 0 Å². The van der Waals surface area contributed by atoms with E-state index < -0.39 is 0 Å². The molecule has 0 spiro atoms. The van der Waals surface area contributed by atoms with Crippen molar-refractivity contribution in [3.05, 3.63) is 30.3 Å². The molecule has 0 saturated carbocycles. The number of ketones is 1. The molecule has 0 atom stereocenters. The van der Waals surface area contributed by atoms with Gasteiger partial charge in [-0.15, -0.1) is 0 Å². The Kier molecular flexibility index (Phi) is 4.76. The first kappa shape index (κ1) is 13.1. The second-order valence-electron chi connectivity index (χ2n) is 4.89. The van der Waals surface area contributed by atoms with Gasteiger partial charge in [-0.25, -0.2) is 0 Å². The fourth-order valence-electron chi connectivity index (χ4n) is 2.41. The molecule has 1 fully saturated rings. The molecule has 0 amide bonds. The van der Waals surface area contributed by atoms with Gasteiger partial charge in [0.2, 0.25) is 0 Å². The summed E-state index contributed by atoms with van der Waals surface area (Å²) in [5.41, 5.74) is 1.29. The van der Waals surface area contributed by atoms with Crippen molar-refractivity contribution in [1.82, 2.24) is 4.90 Å². The van der Waals surface area contributed by atoms with Gasteiger partial charge in [0.05, 0.1) is 6.54 Å². The zero-order valence-corrected chi connectivity index (χ0v) is 11.1. The molecule has 0 N–H and O–H groups in total. The number of rotatable bonds is 5. The van der Waals surface area contributed by atoms with Gasteiger partial charge < -0.3 is 4.90 Å². The number of nitrogens with zero attached hydrogens (tertiary/aromatic N) is 2. The lowest BCUT2D eigenvalue weighted by molar-refractivity contribution is -0.120. The van der Waals surface area contributed by atoms with Crippen LogP contribution in [-0.2, 0) is 4.79 Å². The number of anilines is 1. The predicted octanol–water partition coefficient (Wildman–Crippen LogP) is 2.18. The third kappa shape index (κ3) is 3.57. The molecule has 3 heteroatoms. The van der Waals surface area contributed by atoms with Crippen LogP contribution in [0.4, 0.5) is 5.69 Å². The number of para-hydroxylation sites is 1. The lowest BCUT2D eigenvalue weighted by atomic mass is 10.2. The molecule has 1 aromatic carbocycles. The van der Waals surface area contributed by atoms with E-state index in [-0.39, 0.29) is 0 Å². The molecule has 0 bridgehead atoms. The summed E-state index contributed by atoms with van der Waals surface area (Å²) < 4.78 is 0. The summed E-state index contributed by atoms with van der Waals surface area (Å²) in [6.07, 6.45) is 1.68. The van der Waals surface area contributed by atoms with Gasteiger partial charge in [-0.3, -0.25) is 9.69 Å². The molecule has 1 aliphatic rings. The fourth-order valence-corrected chi connectivity index (χ4v) is 2.41. The Bertz CT molecular complexity index is 369. The topological polar surface area (TPSA) is 23.6 Å². The molecule has 0 radical (unpaired) electrons. The highest BCUT2D eigenvalue weighted by Gasteiger charge is 2.18. The molecule has 98 valence electrons. The van der Waals surface area contributed by atoms with Crippen LogP contribution in [0.3, 0.4) is 0 Å². The lowest BCUT2D eigenvalue weighted by Gasteiger charge is -2.35. The molecule has 0 aliphatic carbocycles. The van der Waals surface area contributed by atoms with E-state index >= 15 is 0 Å². The molecular weight excluding hydrogens is 224 g/mol. The zero-order valence-electron chi connectivity index (χ0n) is 11.1. The Morgan fingerprint density at radius 1 is 1.11 bits per heavy atom. The molecule has 1 aliphatic heterocycles. The first-order valence-corrected chi connectivity index (χ1v) is 6.83. The van der Waals surface area contributed by atoms with E-state index in [9.17, 15) is 4.79 Å². The van der Waals surface area contributed by atoms with Crippen LogP contribution in [0.1, 0.15) is 19.8 Å². The van der Waals surface area contributed by atoms with Crippen molar-refractivity contribution in [3.8, 4) is 0 Å². The van der Waals surface area contributed by atoms with Crippen molar-refractivity contribution in [2.24, 2.45) is 0 Å². The average molecular weight is 246 g/mol. The normalized spacial score (nSPS) is 16.8. The predicted molar refractivity (Wildman–Crippen MR) is 75.0 cm³/mol. The Morgan fingerprint density at radius 2 is 1.78 bits per heavy atom. The van der Waals surface area contributed by atoms with E-state index in [4.69, 9.17) is 0 Å². The second-order valence-corrected chi connectivity index (χ2v) is 4.89. The van der Waals surface area contributed by atoms with Crippen molar-refractivity contribution >= 4 is 11.5 Å². The van der Waals surface area contributed by atoms with Crippen LogP contribution in [0.15, 0.2) is 30.3 Å². The minimum atomic E-state index is 0.380. The Morgan fingerprint density at radius 3 is 2.39 bits per heavy atom. The summed E-state index contributed by atoms with van der Waals surface area (Å²) in [7, 11) is 0. The van der Waals surface area contributed by atoms with Crippen molar-refractivity contribution in [2.75, 3.05) is 37.6 Å². The minimum absolute atomic E-state index is 0.380. The highest BCUT2D eigenvalue weighted by molar-refractivity contribution is 5.80. The van der Waals surface area contributed by atoms with Gasteiger partial charge in [-0.2, -0.15) is 0 Å². The van der Waals surface area contributed by atoms with Crippen LogP contribution in [0.5, 0.6) is 0 Å². The molecule has 0 aromatic heterocycles. The van der Waals surface area contributed by atoms with Crippen molar-refractivity contribution < 1.29 is 4.79 Å². The van der Waals surface area contributed by atoms with Gasteiger partial charge in [-0.05, 0) is 18.6 Å². The van der Waals surface area contributed by atoms with Crippen LogP contribution >= 0.6 is 0 Å². The number of piperazine rings is 1. The van der Waals surface area contributed by atoms with Gasteiger partial charge in [0, 0.05) is 38.3 Å². The van der Waals surface area contributed by atoms with Gasteiger partial charge in [0.25, 0.3) is 0 Å². The monoisotopic (exact) mass is 246 g/mol. The maximum atomic E-state index is 11.6. The molecule has 3 nitrogen and oxygen atoms in total. The van der Waals surface area contributed by atoms with Crippen LogP contribution in [0.25, 0.3) is 0 Å². The van der Waals surface area contributed by atoms with E-state index in [1.807, 2.05) is 6.07 Å². The van der Waals surface area contributed by atoms with Crippen molar-refractivity contribution in [1.29, 1.82) is 0 Å². The molecular formula is C15H22N2O. The third-order valence-corrected chi connectivity index (χ3v) is 3.42. The van der Waals surface area contributed by atoms with Crippen LogP contribution in [0.2, 0.25) is 0 Å². The largest absolute Gasteiger partial charge is 0.369 e. The second kappa shape index (κ2) is 6.55. The maximum absolute atomic E-state index is 11.6. The van der Waals surface area contributed by atoms with E-state index in [2.05, 4.69) is 41.0 Å². The summed E-state index contributed by atoms with van der Waals surface area (Å²) in [6.45, 7) is 6.71. The molecule has 1 heterocycles. The quantitative estimate of drug-likeness (QED) is 0.795. The molecule has 18 heavy (non-hydrogen) atoms. The average Bonchev–Trinajstić information content (AvgIpc) is 2.41. The summed E-state index contributed by atoms with van der Waals surface area (Å²) in [4.78, 5) is 16.3. The Balaban J connectivity index is 1.80. The van der Waals surface area contributed by atoms with E-state index in [0.717, 1.165) is 39.0 Å². The summed E-state index contributed by atoms with van der Waals surface area (Å²) in [5.74, 6) is 0.380. The zero-order chi connectivity index (χ0) is 12.8. The fraction of sp³-hybridized carbons (Fsp3) is 0.533. The first-order chi connectivity index (χ1) is 8.79.